The number of nitrogen functional groups attached to an aromatic ring is 1. The van der Waals surface area contributed by atoms with E-state index in [4.69, 9.17) is 17.3 Å². The zero-order valence-electron chi connectivity index (χ0n) is 9.79. The third kappa shape index (κ3) is 3.37. The quantitative estimate of drug-likeness (QED) is 0.826. The minimum absolute atomic E-state index is 0.165. The molecule has 0 unspecified atom stereocenters. The van der Waals surface area contributed by atoms with Crippen LogP contribution in [0.5, 0.6) is 0 Å². The van der Waals surface area contributed by atoms with Crippen LogP contribution in [0.3, 0.4) is 0 Å². The monoisotopic (exact) mass is 264 g/mol. The van der Waals surface area contributed by atoms with Crippen LogP contribution in [0.25, 0.3) is 0 Å². The summed E-state index contributed by atoms with van der Waals surface area (Å²) in [7, 11) is 0. The fourth-order valence-electron chi connectivity index (χ4n) is 1.64. The van der Waals surface area contributed by atoms with Gasteiger partial charge >= 0.3 is 0 Å². The highest BCUT2D eigenvalue weighted by Gasteiger charge is 1.99. The molecular weight excluding hydrogens is 251 g/mol. The number of benzene rings is 2. The summed E-state index contributed by atoms with van der Waals surface area (Å²) in [6, 6.07) is 12.4. The van der Waals surface area contributed by atoms with E-state index in [0.29, 0.717) is 0 Å². The van der Waals surface area contributed by atoms with Gasteiger partial charge in [0.2, 0.25) is 0 Å². The highest BCUT2D eigenvalue weighted by Crippen LogP contribution is 2.16. The van der Waals surface area contributed by atoms with Crippen molar-refractivity contribution in [2.45, 2.75) is 6.42 Å². The highest BCUT2D eigenvalue weighted by atomic mass is 35.5. The van der Waals surface area contributed by atoms with E-state index in [2.05, 4.69) is 5.32 Å². The molecule has 94 valence electrons. The number of nitrogens with one attached hydrogen (secondary N) is 1. The first-order valence-corrected chi connectivity index (χ1v) is 6.06. The Hall–Kier alpha value is -1.74. The summed E-state index contributed by atoms with van der Waals surface area (Å²) in [6.45, 7) is 0.727. The molecule has 0 fully saturated rings. The van der Waals surface area contributed by atoms with E-state index in [1.807, 2.05) is 24.3 Å². The van der Waals surface area contributed by atoms with Crippen LogP contribution in [0.1, 0.15) is 5.56 Å². The average molecular weight is 265 g/mol. The molecule has 0 amide bonds. The molecular formula is C14H14ClFN2. The summed E-state index contributed by atoms with van der Waals surface area (Å²) >= 11 is 5.80. The van der Waals surface area contributed by atoms with Gasteiger partial charge in [-0.2, -0.15) is 0 Å². The molecule has 0 aromatic heterocycles. The lowest BCUT2D eigenvalue weighted by molar-refractivity contribution is 0.633. The van der Waals surface area contributed by atoms with Gasteiger partial charge in [0.25, 0.3) is 0 Å². The molecule has 2 nitrogen and oxygen atoms in total. The average Bonchev–Trinajstić information content (AvgIpc) is 2.36. The smallest absolute Gasteiger partial charge is 0.148 e. The van der Waals surface area contributed by atoms with Gasteiger partial charge in [-0.3, -0.25) is 0 Å². The Morgan fingerprint density at radius 3 is 2.50 bits per heavy atom. The van der Waals surface area contributed by atoms with E-state index in [0.717, 1.165) is 23.7 Å². The predicted molar refractivity (Wildman–Crippen MR) is 74.5 cm³/mol. The SMILES string of the molecule is Nc1ccc(NCCc2ccc(Cl)cc2)cc1F. The van der Waals surface area contributed by atoms with Crippen LogP contribution in [0.15, 0.2) is 42.5 Å². The van der Waals surface area contributed by atoms with E-state index in [1.54, 1.807) is 12.1 Å². The highest BCUT2D eigenvalue weighted by molar-refractivity contribution is 6.30. The van der Waals surface area contributed by atoms with E-state index < -0.39 is 5.82 Å². The van der Waals surface area contributed by atoms with Gasteiger partial charge in [0, 0.05) is 17.3 Å². The van der Waals surface area contributed by atoms with Gasteiger partial charge in [-0.05, 0) is 42.3 Å². The molecule has 0 spiro atoms. The lowest BCUT2D eigenvalue weighted by atomic mass is 10.1. The molecule has 0 aliphatic heterocycles. The molecule has 2 aromatic carbocycles. The van der Waals surface area contributed by atoms with Gasteiger partial charge < -0.3 is 11.1 Å². The second-order valence-electron chi connectivity index (χ2n) is 4.04. The Morgan fingerprint density at radius 1 is 1.11 bits per heavy atom. The Kier molecular flexibility index (Phi) is 4.05. The molecule has 2 rings (SSSR count). The van der Waals surface area contributed by atoms with Crippen molar-refractivity contribution in [3.05, 3.63) is 58.9 Å². The molecule has 0 atom stereocenters. The summed E-state index contributed by atoms with van der Waals surface area (Å²) in [5.74, 6) is -0.397. The van der Waals surface area contributed by atoms with Crippen LogP contribution in [-0.4, -0.2) is 6.54 Å². The van der Waals surface area contributed by atoms with Gasteiger partial charge in [0.05, 0.1) is 5.69 Å². The fourth-order valence-corrected chi connectivity index (χ4v) is 1.77. The maximum absolute atomic E-state index is 13.2. The van der Waals surface area contributed by atoms with Crippen LogP contribution >= 0.6 is 11.6 Å². The topological polar surface area (TPSA) is 38.0 Å². The Labute approximate surface area is 111 Å². The van der Waals surface area contributed by atoms with Crippen LogP contribution in [-0.2, 0) is 6.42 Å². The largest absolute Gasteiger partial charge is 0.396 e. The van der Waals surface area contributed by atoms with Gasteiger partial charge in [-0.25, -0.2) is 4.39 Å². The van der Waals surface area contributed by atoms with Crippen LogP contribution < -0.4 is 11.1 Å². The number of rotatable bonds is 4. The maximum Gasteiger partial charge on any atom is 0.148 e. The van der Waals surface area contributed by atoms with Crippen LogP contribution in [0.4, 0.5) is 15.8 Å². The van der Waals surface area contributed by atoms with Crippen LogP contribution in [0, 0.1) is 5.82 Å². The number of anilines is 2. The molecule has 0 aliphatic carbocycles. The second-order valence-corrected chi connectivity index (χ2v) is 4.48. The molecule has 0 aliphatic rings. The third-order valence-electron chi connectivity index (χ3n) is 2.66. The number of hydrogen-bond acceptors (Lipinski definition) is 2. The van der Waals surface area contributed by atoms with Crippen molar-refractivity contribution in [1.82, 2.24) is 0 Å². The lowest BCUT2D eigenvalue weighted by Gasteiger charge is -2.07. The standard InChI is InChI=1S/C14H14ClFN2/c15-11-3-1-10(2-4-11)7-8-18-12-5-6-14(17)13(16)9-12/h1-6,9,18H,7-8,17H2. The Bertz CT molecular complexity index is 526. The number of nitrogens with two attached hydrogens (primary N) is 1. The minimum Gasteiger partial charge on any atom is -0.396 e. The van der Waals surface area contributed by atoms with Crippen molar-refractivity contribution in [3.63, 3.8) is 0 Å². The zero-order valence-corrected chi connectivity index (χ0v) is 10.5. The van der Waals surface area contributed by atoms with Crippen molar-refractivity contribution >= 4 is 23.0 Å². The van der Waals surface area contributed by atoms with Crippen molar-refractivity contribution in [1.29, 1.82) is 0 Å². The number of hydrogen-bond donors (Lipinski definition) is 2. The lowest BCUT2D eigenvalue weighted by Crippen LogP contribution is -2.05. The normalized spacial score (nSPS) is 10.3. The molecule has 4 heteroatoms. The Morgan fingerprint density at radius 2 is 1.83 bits per heavy atom. The summed E-state index contributed by atoms with van der Waals surface area (Å²) in [4.78, 5) is 0. The molecule has 0 radical (unpaired) electrons. The molecule has 0 heterocycles. The predicted octanol–water partition coefficient (Wildman–Crippen LogP) is 3.72. The fraction of sp³-hybridized carbons (Fsp3) is 0.143. The minimum atomic E-state index is -0.397. The van der Waals surface area contributed by atoms with Crippen molar-refractivity contribution in [3.8, 4) is 0 Å². The zero-order chi connectivity index (χ0) is 13.0. The molecule has 2 aromatic rings. The summed E-state index contributed by atoms with van der Waals surface area (Å²) in [5, 5.41) is 3.88. The second kappa shape index (κ2) is 5.74. The Balaban J connectivity index is 1.88. The maximum atomic E-state index is 13.2. The molecule has 0 bridgehead atoms. The molecule has 18 heavy (non-hydrogen) atoms. The van der Waals surface area contributed by atoms with Gasteiger partial charge in [-0.15, -0.1) is 0 Å². The van der Waals surface area contributed by atoms with Gasteiger partial charge in [0.15, 0.2) is 0 Å². The molecule has 0 saturated carbocycles. The number of halogens is 2. The molecule has 3 N–H and O–H groups in total. The van der Waals surface area contributed by atoms with E-state index in [-0.39, 0.29) is 5.69 Å². The van der Waals surface area contributed by atoms with Crippen LogP contribution in [0.2, 0.25) is 5.02 Å². The summed E-state index contributed by atoms with van der Waals surface area (Å²) in [5.41, 5.74) is 7.49. The third-order valence-corrected chi connectivity index (χ3v) is 2.91. The molecule has 0 saturated heterocycles. The van der Waals surface area contributed by atoms with Crippen molar-refractivity contribution < 1.29 is 4.39 Å². The van der Waals surface area contributed by atoms with E-state index >= 15 is 0 Å². The summed E-state index contributed by atoms with van der Waals surface area (Å²) < 4.78 is 13.2. The van der Waals surface area contributed by atoms with E-state index in [9.17, 15) is 4.39 Å². The van der Waals surface area contributed by atoms with Crippen molar-refractivity contribution in [2.24, 2.45) is 0 Å². The first-order valence-electron chi connectivity index (χ1n) is 5.68. The summed E-state index contributed by atoms with van der Waals surface area (Å²) in [6.07, 6.45) is 0.850. The van der Waals surface area contributed by atoms with Crippen molar-refractivity contribution in [2.75, 3.05) is 17.6 Å². The van der Waals surface area contributed by atoms with E-state index in [1.165, 1.54) is 11.6 Å². The van der Waals surface area contributed by atoms with Gasteiger partial charge in [0.1, 0.15) is 5.82 Å². The van der Waals surface area contributed by atoms with Gasteiger partial charge in [-0.1, -0.05) is 23.7 Å². The first kappa shape index (κ1) is 12.7. The first-order chi connectivity index (χ1) is 8.65.